The number of aromatic nitrogens is 1. The first-order valence-electron chi connectivity index (χ1n) is 13.5. The standard InChI is InChI=1S/C30H32ClN5O5S2/c1-2-40-23-9-7-19(8-10-23)13-25(36-30(39)41-29-24(31)11-12-43-29)28(38)35-26(14-22-17-42-18-34-22)27(37)33-16-21-5-3-20(15-32)4-6-21/h3-12,17-18,25-26H,2,13-16,32H2,1H3,(H,33,37)(H,35,38)(H,36,39)/t25-,26+/m1/s1. The Bertz CT molecular complexity index is 1480. The normalized spacial score (nSPS) is 12.2. The number of carbonyl (C=O) groups excluding carboxylic acids is 3. The van der Waals surface area contributed by atoms with Gasteiger partial charge in [0.2, 0.25) is 16.9 Å². The van der Waals surface area contributed by atoms with Gasteiger partial charge in [-0.15, -0.1) is 22.7 Å². The van der Waals surface area contributed by atoms with Crippen LogP contribution < -0.4 is 31.2 Å². The molecule has 0 radical (unpaired) electrons. The van der Waals surface area contributed by atoms with Crippen LogP contribution in [-0.2, 0) is 35.5 Å². The van der Waals surface area contributed by atoms with Gasteiger partial charge in [0.1, 0.15) is 17.8 Å². The van der Waals surface area contributed by atoms with Crippen LogP contribution in [-0.4, -0.2) is 41.6 Å². The summed E-state index contributed by atoms with van der Waals surface area (Å²) in [5, 5.41) is 12.3. The molecule has 0 unspecified atom stereocenters. The molecule has 4 aromatic rings. The predicted molar refractivity (Wildman–Crippen MR) is 168 cm³/mol. The number of nitrogens with two attached hydrogens (primary N) is 1. The Morgan fingerprint density at radius 2 is 1.63 bits per heavy atom. The summed E-state index contributed by atoms with van der Waals surface area (Å²) in [4.78, 5) is 44.1. The number of amides is 3. The summed E-state index contributed by atoms with van der Waals surface area (Å²) in [6.45, 7) is 3.09. The molecule has 2 heterocycles. The average Bonchev–Trinajstić information content (AvgIpc) is 3.68. The number of benzene rings is 2. The van der Waals surface area contributed by atoms with Gasteiger partial charge in [-0.2, -0.15) is 0 Å². The summed E-state index contributed by atoms with van der Waals surface area (Å²) in [5.41, 5.74) is 10.6. The van der Waals surface area contributed by atoms with Gasteiger partial charge in [-0.1, -0.05) is 48.0 Å². The van der Waals surface area contributed by atoms with Crippen molar-refractivity contribution < 1.29 is 23.9 Å². The van der Waals surface area contributed by atoms with Gasteiger partial charge in [0, 0.05) is 31.3 Å². The fourth-order valence-electron chi connectivity index (χ4n) is 4.08. The molecule has 3 amide bonds. The number of nitrogens with zero attached hydrogens (tertiary/aromatic N) is 1. The van der Waals surface area contributed by atoms with E-state index in [0.717, 1.165) is 28.0 Å². The van der Waals surface area contributed by atoms with E-state index in [1.54, 1.807) is 29.1 Å². The van der Waals surface area contributed by atoms with E-state index in [4.69, 9.17) is 26.8 Å². The van der Waals surface area contributed by atoms with E-state index in [1.807, 2.05) is 48.7 Å². The zero-order valence-corrected chi connectivity index (χ0v) is 25.8. The molecule has 2 aromatic heterocycles. The van der Waals surface area contributed by atoms with Crippen molar-refractivity contribution >= 4 is 52.2 Å². The highest BCUT2D eigenvalue weighted by Crippen LogP contribution is 2.30. The Balaban J connectivity index is 1.49. The maximum absolute atomic E-state index is 13.7. The summed E-state index contributed by atoms with van der Waals surface area (Å²) in [7, 11) is 0. The Morgan fingerprint density at radius 3 is 2.26 bits per heavy atom. The van der Waals surface area contributed by atoms with E-state index >= 15 is 0 Å². The first-order valence-corrected chi connectivity index (χ1v) is 15.7. The van der Waals surface area contributed by atoms with Crippen molar-refractivity contribution in [3.63, 3.8) is 0 Å². The van der Waals surface area contributed by atoms with Gasteiger partial charge >= 0.3 is 6.09 Å². The van der Waals surface area contributed by atoms with E-state index in [-0.39, 0.29) is 29.5 Å². The first-order chi connectivity index (χ1) is 20.8. The van der Waals surface area contributed by atoms with Crippen LogP contribution in [0.1, 0.15) is 29.3 Å². The summed E-state index contributed by atoms with van der Waals surface area (Å²) in [6.07, 6.45) is -0.556. The monoisotopic (exact) mass is 641 g/mol. The number of ether oxygens (including phenoxy) is 2. The number of hydrogen-bond donors (Lipinski definition) is 4. The molecule has 2 aromatic carbocycles. The molecule has 0 saturated heterocycles. The van der Waals surface area contributed by atoms with Crippen molar-refractivity contribution in [1.29, 1.82) is 0 Å². The molecule has 0 spiro atoms. The predicted octanol–water partition coefficient (Wildman–Crippen LogP) is 4.46. The van der Waals surface area contributed by atoms with Gasteiger partial charge in [-0.25, -0.2) is 9.78 Å². The molecular weight excluding hydrogens is 610 g/mol. The zero-order valence-electron chi connectivity index (χ0n) is 23.4. The van der Waals surface area contributed by atoms with Crippen LogP contribution in [0.5, 0.6) is 10.8 Å². The van der Waals surface area contributed by atoms with Crippen molar-refractivity contribution in [2.24, 2.45) is 5.73 Å². The molecular formula is C30H32ClN5O5S2. The molecule has 0 saturated carbocycles. The van der Waals surface area contributed by atoms with Gasteiger partial charge < -0.3 is 31.2 Å². The second-order valence-electron chi connectivity index (χ2n) is 9.41. The zero-order chi connectivity index (χ0) is 30.6. The lowest BCUT2D eigenvalue weighted by atomic mass is 10.0. The minimum atomic E-state index is -1.07. The Labute approximate surface area is 262 Å². The smallest absolute Gasteiger partial charge is 0.414 e. The van der Waals surface area contributed by atoms with Crippen LogP contribution >= 0.6 is 34.3 Å². The van der Waals surface area contributed by atoms with Crippen molar-refractivity contribution in [2.75, 3.05) is 6.61 Å². The summed E-state index contributed by atoms with van der Waals surface area (Å²) in [5.74, 6) is -0.271. The second kappa shape index (κ2) is 16.0. The highest BCUT2D eigenvalue weighted by atomic mass is 35.5. The molecule has 4 rings (SSSR count). The number of carbonyl (C=O) groups is 3. The van der Waals surface area contributed by atoms with Gasteiger partial charge in [0.15, 0.2) is 0 Å². The molecule has 2 atom stereocenters. The molecule has 0 aliphatic heterocycles. The van der Waals surface area contributed by atoms with Crippen LogP contribution in [0.25, 0.3) is 0 Å². The quantitative estimate of drug-likeness (QED) is 0.159. The van der Waals surface area contributed by atoms with Crippen LogP contribution in [0.4, 0.5) is 4.79 Å². The number of rotatable bonds is 14. The maximum atomic E-state index is 13.7. The van der Waals surface area contributed by atoms with Gasteiger partial charge in [-0.05, 0) is 47.2 Å². The molecule has 0 bridgehead atoms. The lowest BCUT2D eigenvalue weighted by molar-refractivity contribution is -0.130. The molecule has 43 heavy (non-hydrogen) atoms. The molecule has 13 heteroatoms. The van der Waals surface area contributed by atoms with E-state index < -0.39 is 30.0 Å². The lowest BCUT2D eigenvalue weighted by Gasteiger charge is -2.23. The number of nitrogens with one attached hydrogen (secondary N) is 3. The van der Waals surface area contributed by atoms with Crippen molar-refractivity contribution in [3.8, 4) is 10.8 Å². The largest absolute Gasteiger partial charge is 0.494 e. The van der Waals surface area contributed by atoms with Crippen LogP contribution in [0.3, 0.4) is 0 Å². The second-order valence-corrected chi connectivity index (χ2v) is 11.4. The maximum Gasteiger partial charge on any atom is 0.414 e. The third-order valence-electron chi connectivity index (χ3n) is 6.31. The summed E-state index contributed by atoms with van der Waals surface area (Å²) >= 11 is 8.61. The Morgan fingerprint density at radius 1 is 0.930 bits per heavy atom. The van der Waals surface area contributed by atoms with E-state index in [2.05, 4.69) is 20.9 Å². The van der Waals surface area contributed by atoms with Gasteiger partial charge in [0.25, 0.3) is 0 Å². The Kier molecular flexibility index (Phi) is 11.9. The molecule has 5 N–H and O–H groups in total. The number of thiazole rings is 1. The third-order valence-corrected chi connectivity index (χ3v) is 8.14. The SMILES string of the molecule is CCOc1ccc(C[C@@H](NC(=O)Oc2sccc2Cl)C(=O)N[C@@H](Cc2cscn2)C(=O)NCc2ccc(CN)cc2)cc1. The Hall–Kier alpha value is -3.97. The van der Waals surface area contributed by atoms with Crippen molar-refractivity contribution in [3.05, 3.63) is 98.3 Å². The number of halogens is 1. The highest BCUT2D eigenvalue weighted by Gasteiger charge is 2.28. The van der Waals surface area contributed by atoms with Crippen LogP contribution in [0, 0.1) is 0 Å². The van der Waals surface area contributed by atoms with Crippen molar-refractivity contribution in [2.45, 2.75) is 44.9 Å². The van der Waals surface area contributed by atoms with E-state index in [9.17, 15) is 14.4 Å². The fraction of sp³-hybridized carbons (Fsp3) is 0.267. The molecule has 10 nitrogen and oxygen atoms in total. The minimum absolute atomic E-state index is 0.129. The minimum Gasteiger partial charge on any atom is -0.494 e. The average molecular weight is 642 g/mol. The lowest BCUT2D eigenvalue weighted by Crippen LogP contribution is -2.55. The number of hydrogen-bond acceptors (Lipinski definition) is 9. The van der Waals surface area contributed by atoms with Crippen molar-refractivity contribution in [1.82, 2.24) is 20.9 Å². The van der Waals surface area contributed by atoms with Gasteiger partial charge in [0.05, 0.1) is 22.8 Å². The summed E-state index contributed by atoms with van der Waals surface area (Å²) < 4.78 is 10.8. The molecule has 0 aliphatic rings. The van der Waals surface area contributed by atoms with E-state index in [1.165, 1.54) is 11.3 Å². The molecule has 0 aliphatic carbocycles. The first kappa shape index (κ1) is 32.0. The van der Waals surface area contributed by atoms with E-state index in [0.29, 0.717) is 24.6 Å². The number of thiophene rings is 1. The fourth-order valence-corrected chi connectivity index (χ4v) is 5.59. The molecule has 0 fully saturated rings. The van der Waals surface area contributed by atoms with Crippen LogP contribution in [0.15, 0.2) is 70.9 Å². The summed E-state index contributed by atoms with van der Waals surface area (Å²) in [6, 6.07) is 14.3. The topological polar surface area (TPSA) is 145 Å². The van der Waals surface area contributed by atoms with Crippen LogP contribution in [0.2, 0.25) is 5.02 Å². The third kappa shape index (κ3) is 9.79. The highest BCUT2D eigenvalue weighted by molar-refractivity contribution is 7.12. The van der Waals surface area contributed by atoms with Gasteiger partial charge in [-0.3, -0.25) is 9.59 Å². The molecule has 226 valence electrons.